The van der Waals surface area contributed by atoms with E-state index in [0.717, 1.165) is 16.8 Å². The summed E-state index contributed by atoms with van der Waals surface area (Å²) in [7, 11) is 0. The van der Waals surface area contributed by atoms with E-state index in [2.05, 4.69) is 21.0 Å². The third-order valence-corrected chi connectivity index (χ3v) is 2.49. The Morgan fingerprint density at radius 3 is 2.44 bits per heavy atom. The Morgan fingerprint density at radius 1 is 1.31 bits per heavy atom. The van der Waals surface area contributed by atoms with Crippen LogP contribution in [0.25, 0.3) is 5.69 Å². The number of nitrogens with zero attached hydrogens (tertiary/aromatic N) is 2. The van der Waals surface area contributed by atoms with Gasteiger partial charge in [0.2, 0.25) is 0 Å². The van der Waals surface area contributed by atoms with Crippen molar-refractivity contribution in [2.24, 2.45) is 0 Å². The fourth-order valence-corrected chi connectivity index (χ4v) is 1.72. The maximum atomic E-state index is 13.5. The maximum absolute atomic E-state index is 13.5. The van der Waals surface area contributed by atoms with Crippen molar-refractivity contribution in [3.05, 3.63) is 46.2 Å². The van der Waals surface area contributed by atoms with Crippen molar-refractivity contribution in [1.29, 1.82) is 0 Å². The van der Waals surface area contributed by atoms with Gasteiger partial charge in [-0.1, -0.05) is 15.9 Å². The van der Waals surface area contributed by atoms with Crippen molar-refractivity contribution in [3.8, 4) is 5.69 Å². The molecule has 0 unspecified atom stereocenters. The highest BCUT2D eigenvalue weighted by Crippen LogP contribution is 2.22. The van der Waals surface area contributed by atoms with Gasteiger partial charge in [0.05, 0.1) is 12.8 Å². The van der Waals surface area contributed by atoms with Gasteiger partial charge in [0.1, 0.15) is 5.69 Å². The molecule has 0 aliphatic rings. The predicted molar refractivity (Wildman–Crippen MR) is 57.1 cm³/mol. The van der Waals surface area contributed by atoms with Gasteiger partial charge in [-0.2, -0.15) is 5.10 Å². The average Bonchev–Trinajstić information content (AvgIpc) is 2.64. The van der Waals surface area contributed by atoms with Crippen molar-refractivity contribution < 1.29 is 13.9 Å². The summed E-state index contributed by atoms with van der Waals surface area (Å²) < 4.78 is 28.4. The number of aliphatic hydroxyl groups excluding tert-OH is 1. The lowest BCUT2D eigenvalue weighted by molar-refractivity contribution is 0.282. The summed E-state index contributed by atoms with van der Waals surface area (Å²) in [6, 6.07) is 2.30. The largest absolute Gasteiger partial charge is 0.392 e. The van der Waals surface area contributed by atoms with E-state index in [4.69, 9.17) is 5.11 Å². The third kappa shape index (κ3) is 1.98. The van der Waals surface area contributed by atoms with Gasteiger partial charge in [-0.3, -0.25) is 0 Å². The number of benzene rings is 1. The maximum Gasteiger partial charge on any atom is 0.153 e. The third-order valence-electron chi connectivity index (χ3n) is 2.03. The van der Waals surface area contributed by atoms with Crippen LogP contribution in [0, 0.1) is 11.6 Å². The summed E-state index contributed by atoms with van der Waals surface area (Å²) in [5.41, 5.74) is 0.226. The van der Waals surface area contributed by atoms with Gasteiger partial charge in [0, 0.05) is 16.2 Å². The molecule has 0 bridgehead atoms. The van der Waals surface area contributed by atoms with Crippen LogP contribution in [0.5, 0.6) is 0 Å². The summed E-state index contributed by atoms with van der Waals surface area (Å²) in [6.07, 6.45) is 2.72. The molecular formula is C10H7BrF2N2O. The number of hydrogen-bond donors (Lipinski definition) is 1. The Hall–Kier alpha value is -1.27. The van der Waals surface area contributed by atoms with Crippen molar-refractivity contribution in [2.75, 3.05) is 0 Å². The first kappa shape index (κ1) is 11.2. The molecule has 84 valence electrons. The fourth-order valence-electron chi connectivity index (χ4n) is 1.32. The monoisotopic (exact) mass is 288 g/mol. The molecule has 0 saturated carbocycles. The molecule has 0 amide bonds. The number of rotatable bonds is 2. The molecule has 0 fully saturated rings. The molecule has 0 spiro atoms. The van der Waals surface area contributed by atoms with Crippen LogP contribution in [-0.4, -0.2) is 14.9 Å². The van der Waals surface area contributed by atoms with E-state index < -0.39 is 11.6 Å². The normalized spacial score (nSPS) is 10.8. The molecule has 1 heterocycles. The number of aliphatic hydroxyl groups is 1. The van der Waals surface area contributed by atoms with Gasteiger partial charge < -0.3 is 5.11 Å². The lowest BCUT2D eigenvalue weighted by atomic mass is 10.3. The van der Waals surface area contributed by atoms with Crippen LogP contribution in [-0.2, 0) is 6.61 Å². The van der Waals surface area contributed by atoms with Crippen molar-refractivity contribution in [1.82, 2.24) is 9.78 Å². The second kappa shape index (κ2) is 4.31. The molecule has 6 heteroatoms. The molecule has 0 radical (unpaired) electrons. The predicted octanol–water partition coefficient (Wildman–Crippen LogP) is 2.41. The number of aromatic nitrogens is 2. The zero-order valence-electron chi connectivity index (χ0n) is 7.99. The van der Waals surface area contributed by atoms with E-state index >= 15 is 0 Å². The molecule has 1 aromatic carbocycles. The molecule has 16 heavy (non-hydrogen) atoms. The summed E-state index contributed by atoms with van der Waals surface area (Å²) in [6.45, 7) is -0.222. The molecule has 3 nitrogen and oxygen atoms in total. The van der Waals surface area contributed by atoms with Gasteiger partial charge >= 0.3 is 0 Å². The summed E-state index contributed by atoms with van der Waals surface area (Å²) in [5, 5.41) is 12.6. The summed E-state index contributed by atoms with van der Waals surface area (Å²) in [4.78, 5) is 0. The Morgan fingerprint density at radius 2 is 1.94 bits per heavy atom. The van der Waals surface area contributed by atoms with E-state index in [9.17, 15) is 8.78 Å². The number of hydrogen-bond acceptors (Lipinski definition) is 2. The van der Waals surface area contributed by atoms with Gasteiger partial charge in [0.25, 0.3) is 0 Å². The minimum atomic E-state index is -0.723. The van der Waals surface area contributed by atoms with Crippen LogP contribution in [0.15, 0.2) is 29.0 Å². The summed E-state index contributed by atoms with van der Waals surface area (Å²) >= 11 is 2.99. The number of halogens is 3. The second-order valence-electron chi connectivity index (χ2n) is 3.17. The Labute approximate surface area is 98.5 Å². The Kier molecular flexibility index (Phi) is 3.02. The summed E-state index contributed by atoms with van der Waals surface area (Å²) in [5.74, 6) is -1.45. The molecule has 1 N–H and O–H groups in total. The first-order valence-corrected chi connectivity index (χ1v) is 5.20. The van der Waals surface area contributed by atoms with Crippen LogP contribution >= 0.6 is 15.9 Å². The highest BCUT2D eigenvalue weighted by molar-refractivity contribution is 9.10. The average molecular weight is 289 g/mol. The Balaban J connectivity index is 2.55. The van der Waals surface area contributed by atoms with Gasteiger partial charge in [0.15, 0.2) is 11.6 Å². The molecular weight excluding hydrogens is 282 g/mol. The molecule has 2 aromatic rings. The molecule has 2 rings (SSSR count). The van der Waals surface area contributed by atoms with E-state index in [0.29, 0.717) is 10.0 Å². The minimum absolute atomic E-state index is 0.222. The topological polar surface area (TPSA) is 38.1 Å². The van der Waals surface area contributed by atoms with E-state index in [-0.39, 0.29) is 12.3 Å². The zero-order valence-corrected chi connectivity index (χ0v) is 9.58. The quantitative estimate of drug-likeness (QED) is 0.922. The first-order valence-electron chi connectivity index (χ1n) is 4.41. The smallest absolute Gasteiger partial charge is 0.153 e. The highest BCUT2D eigenvalue weighted by atomic mass is 79.9. The van der Waals surface area contributed by atoms with Crippen LogP contribution in [0.2, 0.25) is 0 Å². The van der Waals surface area contributed by atoms with Crippen molar-refractivity contribution in [2.45, 2.75) is 6.61 Å². The lowest BCUT2D eigenvalue weighted by Crippen LogP contribution is -2.02. The van der Waals surface area contributed by atoms with Crippen LogP contribution in [0.4, 0.5) is 8.78 Å². The minimum Gasteiger partial charge on any atom is -0.392 e. The standard InChI is InChI=1S/C10H7BrF2N2O/c11-7-1-8(12)10(9(13)2-7)15-4-6(5-16)3-14-15/h1-4,16H,5H2. The van der Waals surface area contributed by atoms with Gasteiger partial charge in [-0.25, -0.2) is 13.5 Å². The lowest BCUT2D eigenvalue weighted by Gasteiger charge is -2.05. The van der Waals surface area contributed by atoms with Crippen LogP contribution in [0.1, 0.15) is 5.56 Å². The fraction of sp³-hybridized carbons (Fsp3) is 0.100. The first-order chi connectivity index (χ1) is 7.61. The van der Waals surface area contributed by atoms with E-state index in [1.54, 1.807) is 0 Å². The molecule has 0 atom stereocenters. The van der Waals surface area contributed by atoms with Crippen LogP contribution < -0.4 is 0 Å². The molecule has 0 aliphatic heterocycles. The van der Waals surface area contributed by atoms with Crippen molar-refractivity contribution in [3.63, 3.8) is 0 Å². The van der Waals surface area contributed by atoms with Gasteiger partial charge in [-0.15, -0.1) is 0 Å². The Bertz CT molecular complexity index is 504. The van der Waals surface area contributed by atoms with Crippen molar-refractivity contribution >= 4 is 15.9 Å². The SMILES string of the molecule is OCc1cnn(-c2c(F)cc(Br)cc2F)c1. The highest BCUT2D eigenvalue weighted by Gasteiger charge is 2.13. The molecule has 0 aliphatic carbocycles. The zero-order chi connectivity index (χ0) is 11.7. The van der Waals surface area contributed by atoms with E-state index in [1.807, 2.05) is 0 Å². The van der Waals surface area contributed by atoms with Gasteiger partial charge in [-0.05, 0) is 12.1 Å². The molecule has 0 saturated heterocycles. The second-order valence-corrected chi connectivity index (χ2v) is 4.08. The van der Waals surface area contributed by atoms with Crippen LogP contribution in [0.3, 0.4) is 0 Å². The van der Waals surface area contributed by atoms with E-state index in [1.165, 1.54) is 12.4 Å². The molecule has 1 aromatic heterocycles.